The third-order valence-electron chi connectivity index (χ3n) is 2.21. The molecule has 0 bridgehead atoms. The van der Waals surface area contributed by atoms with Crippen molar-refractivity contribution in [3.8, 4) is 6.07 Å². The van der Waals surface area contributed by atoms with Gasteiger partial charge in [-0.1, -0.05) is 11.6 Å². The third-order valence-corrected chi connectivity index (χ3v) is 2.69. The molecule has 4 N–H and O–H groups in total. The van der Waals surface area contributed by atoms with Crippen molar-refractivity contribution >= 4 is 34.5 Å². The van der Waals surface area contributed by atoms with Gasteiger partial charge in [0.05, 0.1) is 10.6 Å². The maximum absolute atomic E-state index is 10.7. The standard InChI is InChI=1S/C10H9ClN6O2/c1-5-6(15-16-7(4-12)10(13)14)2-3-8(9(5)11)17(18)19/h2-3,15H,1H3,(H3,13,14)/b16-7+. The summed E-state index contributed by atoms with van der Waals surface area (Å²) in [6.45, 7) is 1.56. The summed E-state index contributed by atoms with van der Waals surface area (Å²) in [5.41, 5.74) is 7.87. The summed E-state index contributed by atoms with van der Waals surface area (Å²) in [7, 11) is 0. The third kappa shape index (κ3) is 3.17. The van der Waals surface area contributed by atoms with Gasteiger partial charge in [0.15, 0.2) is 5.84 Å². The number of nitro groups is 1. The predicted octanol–water partition coefficient (Wildman–Crippen LogP) is 1.78. The molecule has 0 unspecified atom stereocenters. The molecule has 0 aromatic heterocycles. The SMILES string of the molecule is Cc1c(N/N=C(\C#N)C(=N)N)ccc([N+](=O)[O-])c1Cl. The number of hydrogen-bond donors (Lipinski definition) is 3. The highest BCUT2D eigenvalue weighted by Crippen LogP contribution is 2.32. The van der Waals surface area contributed by atoms with E-state index in [1.54, 1.807) is 13.0 Å². The smallest absolute Gasteiger partial charge is 0.288 e. The normalized spacial score (nSPS) is 10.7. The predicted molar refractivity (Wildman–Crippen MR) is 71.4 cm³/mol. The van der Waals surface area contributed by atoms with Gasteiger partial charge in [-0.3, -0.25) is 20.9 Å². The van der Waals surface area contributed by atoms with E-state index in [-0.39, 0.29) is 16.4 Å². The fourth-order valence-corrected chi connectivity index (χ4v) is 1.43. The lowest BCUT2D eigenvalue weighted by Crippen LogP contribution is -2.21. The van der Waals surface area contributed by atoms with Gasteiger partial charge >= 0.3 is 0 Å². The molecule has 19 heavy (non-hydrogen) atoms. The van der Waals surface area contributed by atoms with Crippen LogP contribution in [0.1, 0.15) is 5.56 Å². The molecule has 0 radical (unpaired) electrons. The van der Waals surface area contributed by atoms with Crippen LogP contribution in [0.3, 0.4) is 0 Å². The summed E-state index contributed by atoms with van der Waals surface area (Å²) in [6, 6.07) is 4.25. The number of halogens is 1. The molecule has 1 aromatic carbocycles. The molecule has 0 aliphatic heterocycles. The number of benzene rings is 1. The largest absolute Gasteiger partial charge is 0.382 e. The van der Waals surface area contributed by atoms with E-state index in [4.69, 9.17) is 28.0 Å². The Bertz CT molecular complexity index is 619. The number of hydrogen-bond acceptors (Lipinski definition) is 6. The Hall–Kier alpha value is -2.66. The number of nitro benzene ring substituents is 1. The number of hydrazone groups is 1. The molecule has 0 fully saturated rings. The summed E-state index contributed by atoms with van der Waals surface area (Å²) in [4.78, 5) is 10.1. The van der Waals surface area contributed by atoms with E-state index < -0.39 is 10.8 Å². The van der Waals surface area contributed by atoms with Crippen LogP contribution in [0.2, 0.25) is 5.02 Å². The van der Waals surface area contributed by atoms with Crippen LogP contribution in [-0.4, -0.2) is 16.5 Å². The van der Waals surface area contributed by atoms with Crippen LogP contribution in [0.5, 0.6) is 0 Å². The first kappa shape index (κ1) is 14.4. The van der Waals surface area contributed by atoms with Crippen LogP contribution in [-0.2, 0) is 0 Å². The van der Waals surface area contributed by atoms with Crippen molar-refractivity contribution in [2.45, 2.75) is 6.92 Å². The zero-order chi connectivity index (χ0) is 14.6. The van der Waals surface area contributed by atoms with Crippen molar-refractivity contribution in [1.82, 2.24) is 0 Å². The maximum Gasteiger partial charge on any atom is 0.288 e. The molecular formula is C10H9ClN6O2. The van der Waals surface area contributed by atoms with Crippen LogP contribution in [0.4, 0.5) is 11.4 Å². The van der Waals surface area contributed by atoms with Gasteiger partial charge in [-0.2, -0.15) is 10.4 Å². The average Bonchev–Trinajstić information content (AvgIpc) is 2.34. The minimum absolute atomic E-state index is 0.0217. The van der Waals surface area contributed by atoms with Gasteiger partial charge in [-0.05, 0) is 18.6 Å². The molecule has 0 heterocycles. The molecule has 0 aliphatic rings. The van der Waals surface area contributed by atoms with Crippen molar-refractivity contribution in [1.29, 1.82) is 10.7 Å². The van der Waals surface area contributed by atoms with Gasteiger partial charge in [-0.15, -0.1) is 0 Å². The van der Waals surface area contributed by atoms with E-state index >= 15 is 0 Å². The van der Waals surface area contributed by atoms with E-state index in [0.717, 1.165) is 0 Å². The Kier molecular flexibility index (Phi) is 4.39. The monoisotopic (exact) mass is 280 g/mol. The molecule has 0 atom stereocenters. The zero-order valence-electron chi connectivity index (χ0n) is 9.77. The number of anilines is 1. The summed E-state index contributed by atoms with van der Waals surface area (Å²) in [6.07, 6.45) is 0. The lowest BCUT2D eigenvalue weighted by molar-refractivity contribution is -0.384. The number of nitrogens with two attached hydrogens (primary N) is 1. The number of nitriles is 1. The highest BCUT2D eigenvalue weighted by atomic mass is 35.5. The van der Waals surface area contributed by atoms with Gasteiger partial charge in [0.25, 0.3) is 5.69 Å². The highest BCUT2D eigenvalue weighted by molar-refractivity contribution is 6.45. The molecule has 1 aromatic rings. The molecule has 0 saturated heterocycles. The van der Waals surface area contributed by atoms with Crippen molar-refractivity contribution < 1.29 is 4.92 Å². The fraction of sp³-hybridized carbons (Fsp3) is 0.100. The molecular weight excluding hydrogens is 272 g/mol. The molecule has 0 spiro atoms. The second-order valence-electron chi connectivity index (χ2n) is 3.43. The first-order valence-electron chi connectivity index (χ1n) is 4.90. The summed E-state index contributed by atoms with van der Waals surface area (Å²) in [5, 5.41) is 30.0. The van der Waals surface area contributed by atoms with Crippen LogP contribution in [0, 0.1) is 33.8 Å². The van der Waals surface area contributed by atoms with Crippen molar-refractivity contribution in [2.75, 3.05) is 5.43 Å². The van der Waals surface area contributed by atoms with Crippen LogP contribution >= 0.6 is 11.6 Å². The van der Waals surface area contributed by atoms with E-state index in [1.807, 2.05) is 0 Å². The molecule has 0 amide bonds. The number of nitrogens with one attached hydrogen (secondary N) is 2. The average molecular weight is 281 g/mol. The highest BCUT2D eigenvalue weighted by Gasteiger charge is 2.16. The Morgan fingerprint density at radius 2 is 2.32 bits per heavy atom. The number of nitrogens with zero attached hydrogens (tertiary/aromatic N) is 3. The summed E-state index contributed by atoms with van der Waals surface area (Å²) in [5.74, 6) is -0.485. The minimum Gasteiger partial charge on any atom is -0.382 e. The Morgan fingerprint density at radius 3 is 2.79 bits per heavy atom. The van der Waals surface area contributed by atoms with Gasteiger partial charge in [0.1, 0.15) is 11.1 Å². The minimum atomic E-state index is -0.599. The Labute approximate surface area is 113 Å². The van der Waals surface area contributed by atoms with Crippen LogP contribution in [0.25, 0.3) is 0 Å². The zero-order valence-corrected chi connectivity index (χ0v) is 10.5. The molecule has 1 rings (SSSR count). The van der Waals surface area contributed by atoms with Crippen LogP contribution < -0.4 is 11.2 Å². The Balaban J connectivity index is 3.12. The second-order valence-corrected chi connectivity index (χ2v) is 3.80. The van der Waals surface area contributed by atoms with Gasteiger partial charge in [0, 0.05) is 6.07 Å². The quantitative estimate of drug-likeness (QED) is 0.333. The maximum atomic E-state index is 10.7. The second kappa shape index (κ2) is 5.79. The van der Waals surface area contributed by atoms with E-state index in [2.05, 4.69) is 10.5 Å². The molecule has 9 heteroatoms. The van der Waals surface area contributed by atoms with E-state index in [0.29, 0.717) is 11.3 Å². The van der Waals surface area contributed by atoms with Crippen molar-refractivity contribution in [3.63, 3.8) is 0 Å². The molecule has 0 aliphatic carbocycles. The number of amidine groups is 1. The molecule has 98 valence electrons. The molecule has 8 nitrogen and oxygen atoms in total. The summed E-state index contributed by atoms with van der Waals surface area (Å²) >= 11 is 5.84. The first-order valence-corrected chi connectivity index (χ1v) is 5.28. The Morgan fingerprint density at radius 1 is 1.68 bits per heavy atom. The van der Waals surface area contributed by atoms with Gasteiger partial charge in [0.2, 0.25) is 5.71 Å². The van der Waals surface area contributed by atoms with Crippen molar-refractivity contribution in [2.24, 2.45) is 10.8 Å². The molecule has 0 saturated carbocycles. The van der Waals surface area contributed by atoms with Crippen LogP contribution in [0.15, 0.2) is 17.2 Å². The topological polar surface area (TPSA) is 141 Å². The van der Waals surface area contributed by atoms with Gasteiger partial charge in [-0.25, -0.2) is 0 Å². The fourth-order valence-electron chi connectivity index (χ4n) is 1.19. The first-order chi connectivity index (χ1) is 8.88. The van der Waals surface area contributed by atoms with Gasteiger partial charge < -0.3 is 5.73 Å². The number of rotatable bonds is 4. The van der Waals surface area contributed by atoms with Crippen molar-refractivity contribution in [3.05, 3.63) is 32.8 Å². The lowest BCUT2D eigenvalue weighted by atomic mass is 10.2. The van der Waals surface area contributed by atoms with E-state index in [9.17, 15) is 10.1 Å². The lowest BCUT2D eigenvalue weighted by Gasteiger charge is -2.07. The summed E-state index contributed by atoms with van der Waals surface area (Å²) < 4.78 is 0. The van der Waals surface area contributed by atoms with E-state index in [1.165, 1.54) is 12.1 Å².